The van der Waals surface area contributed by atoms with Gasteiger partial charge in [-0.2, -0.15) is 28.7 Å². The first-order valence-corrected chi connectivity index (χ1v) is 8.09. The molecule has 6 nitrogen and oxygen atoms in total. The number of hydrogen-bond donors (Lipinski definition) is 1. The Labute approximate surface area is 151 Å². The molecule has 2 aromatic heterocycles. The van der Waals surface area contributed by atoms with Crippen LogP contribution in [0.1, 0.15) is 29.0 Å². The lowest BCUT2D eigenvalue weighted by Gasteiger charge is -2.11. The first-order valence-electron chi connectivity index (χ1n) is 7.22. The van der Waals surface area contributed by atoms with Crippen LogP contribution in [0.4, 0.5) is 13.2 Å². The fourth-order valence-corrected chi connectivity index (χ4v) is 2.51. The first-order chi connectivity index (χ1) is 12.2. The summed E-state index contributed by atoms with van der Waals surface area (Å²) in [5, 5.41) is 20.9. The van der Waals surface area contributed by atoms with Crippen LogP contribution >= 0.6 is 11.3 Å². The van der Waals surface area contributed by atoms with Crippen molar-refractivity contribution in [1.29, 1.82) is 5.26 Å². The van der Waals surface area contributed by atoms with Crippen molar-refractivity contribution in [3.63, 3.8) is 0 Å². The third-order valence-corrected chi connectivity index (χ3v) is 3.91. The highest BCUT2D eigenvalue weighted by atomic mass is 32.1. The molecule has 0 amide bonds. The number of nitrogens with zero attached hydrogens (tertiary/aromatic N) is 4. The summed E-state index contributed by atoms with van der Waals surface area (Å²) in [6.07, 6.45) is -2.99. The van der Waals surface area contributed by atoms with E-state index in [1.807, 2.05) is 6.92 Å². The zero-order valence-electron chi connectivity index (χ0n) is 13.9. The normalized spacial score (nSPS) is 12.8. The molecule has 0 spiro atoms. The first kappa shape index (κ1) is 19.4. The van der Waals surface area contributed by atoms with E-state index in [0.29, 0.717) is 5.69 Å². The van der Waals surface area contributed by atoms with E-state index in [1.165, 1.54) is 18.3 Å². The van der Waals surface area contributed by atoms with Crippen molar-refractivity contribution in [2.75, 3.05) is 0 Å². The average Bonchev–Trinajstić information content (AvgIpc) is 3.19. The number of aromatic amines is 1. The molecule has 2 aromatic rings. The quantitative estimate of drug-likeness (QED) is 0.602. The molecule has 1 N–H and O–H groups in total. The number of hydrogen-bond acceptors (Lipinski definition) is 6. The second kappa shape index (κ2) is 7.97. The van der Waals surface area contributed by atoms with Gasteiger partial charge in [0.15, 0.2) is 5.69 Å². The maximum atomic E-state index is 13.3. The Morgan fingerprint density at radius 1 is 1.42 bits per heavy atom. The summed E-state index contributed by atoms with van der Waals surface area (Å²) in [6, 6.07) is 1.73. The molecule has 0 saturated carbocycles. The number of rotatable bonds is 6. The van der Waals surface area contributed by atoms with E-state index in [-0.39, 0.29) is 29.3 Å². The smallest absolute Gasteiger partial charge is 0.416 e. The number of nitrogens with one attached hydrogen (secondary N) is 1. The van der Waals surface area contributed by atoms with Gasteiger partial charge in [0.25, 0.3) is 0 Å². The predicted molar refractivity (Wildman–Crippen MR) is 89.7 cm³/mol. The molecule has 0 aliphatic heterocycles. The van der Waals surface area contributed by atoms with Crippen LogP contribution in [0.2, 0.25) is 0 Å². The molecule has 2 heterocycles. The number of allylic oxidation sites excluding steroid dienone is 5. The van der Waals surface area contributed by atoms with E-state index in [4.69, 9.17) is 10.00 Å². The number of halogens is 3. The number of thiazole rings is 1. The largest absolute Gasteiger partial charge is 0.492 e. The van der Waals surface area contributed by atoms with Crippen LogP contribution in [-0.2, 0) is 11.3 Å². The third-order valence-electron chi connectivity index (χ3n) is 3.09. The lowest BCUT2D eigenvalue weighted by molar-refractivity contribution is -0.0884. The highest BCUT2D eigenvalue weighted by Gasteiger charge is 2.33. The van der Waals surface area contributed by atoms with Crippen molar-refractivity contribution < 1.29 is 17.9 Å². The predicted octanol–water partition coefficient (Wildman–Crippen LogP) is 4.06. The van der Waals surface area contributed by atoms with E-state index >= 15 is 0 Å². The Balaban J connectivity index is 2.21. The molecule has 0 saturated heterocycles. The maximum absolute atomic E-state index is 13.3. The molecule has 0 unspecified atom stereocenters. The molecule has 0 fully saturated rings. The highest BCUT2D eigenvalue weighted by molar-refractivity contribution is 7.09. The minimum atomic E-state index is -4.64. The second-order valence-electron chi connectivity index (χ2n) is 5.16. The summed E-state index contributed by atoms with van der Waals surface area (Å²) < 4.78 is 45.2. The molecule has 0 aliphatic rings. The fraction of sp³-hybridized carbons (Fsp3) is 0.250. The van der Waals surface area contributed by atoms with Gasteiger partial charge in [-0.25, -0.2) is 4.98 Å². The molecule has 0 bridgehead atoms. The van der Waals surface area contributed by atoms with Crippen molar-refractivity contribution in [2.45, 2.75) is 26.6 Å². The molecule has 0 atom stereocenters. The summed E-state index contributed by atoms with van der Waals surface area (Å²) >= 11 is 1.43. The van der Waals surface area contributed by atoms with E-state index in [1.54, 1.807) is 11.4 Å². The minimum Gasteiger partial charge on any atom is -0.492 e. The van der Waals surface area contributed by atoms with Gasteiger partial charge in [-0.1, -0.05) is 6.58 Å². The van der Waals surface area contributed by atoms with Crippen molar-refractivity contribution in [3.05, 3.63) is 57.5 Å². The van der Waals surface area contributed by atoms with Crippen LogP contribution in [0.5, 0.6) is 0 Å². The molecule has 26 heavy (non-hydrogen) atoms. The number of H-pyrrole nitrogens is 1. The van der Waals surface area contributed by atoms with E-state index in [2.05, 4.69) is 27.0 Å². The van der Waals surface area contributed by atoms with Gasteiger partial charge < -0.3 is 4.74 Å². The summed E-state index contributed by atoms with van der Waals surface area (Å²) in [7, 11) is 0. The lowest BCUT2D eigenvalue weighted by Crippen LogP contribution is -2.11. The van der Waals surface area contributed by atoms with Gasteiger partial charge in [0.1, 0.15) is 18.4 Å². The van der Waals surface area contributed by atoms with E-state index < -0.39 is 11.7 Å². The maximum Gasteiger partial charge on any atom is 0.416 e. The van der Waals surface area contributed by atoms with Crippen LogP contribution in [0.25, 0.3) is 5.57 Å². The van der Waals surface area contributed by atoms with Crippen LogP contribution in [-0.4, -0.2) is 26.6 Å². The Bertz CT molecular complexity index is 902. The fourth-order valence-electron chi connectivity index (χ4n) is 1.92. The van der Waals surface area contributed by atoms with Crippen molar-refractivity contribution in [3.8, 4) is 6.07 Å². The summed E-state index contributed by atoms with van der Waals surface area (Å²) in [5.74, 6) is 0.0627. The third kappa shape index (κ3) is 5.03. The van der Waals surface area contributed by atoms with Crippen molar-refractivity contribution in [1.82, 2.24) is 20.4 Å². The highest BCUT2D eigenvalue weighted by Crippen LogP contribution is 2.30. The van der Waals surface area contributed by atoms with Gasteiger partial charge in [-0.3, -0.25) is 0 Å². The van der Waals surface area contributed by atoms with Gasteiger partial charge >= 0.3 is 6.18 Å². The minimum absolute atomic E-state index is 0.0424. The van der Waals surface area contributed by atoms with Gasteiger partial charge in [-0.15, -0.1) is 16.4 Å². The zero-order valence-corrected chi connectivity index (χ0v) is 14.7. The summed E-state index contributed by atoms with van der Waals surface area (Å²) in [6.45, 7) is 6.84. The Kier molecular flexibility index (Phi) is 5.94. The molecule has 10 heteroatoms. The van der Waals surface area contributed by atoms with Crippen LogP contribution < -0.4 is 0 Å². The number of alkyl halides is 3. The lowest BCUT2D eigenvalue weighted by atomic mass is 10.1. The number of nitriles is 1. The number of aryl methyl sites for hydroxylation is 1. The van der Waals surface area contributed by atoms with Crippen LogP contribution in [0, 0.1) is 18.3 Å². The van der Waals surface area contributed by atoms with Gasteiger partial charge in [0, 0.05) is 5.38 Å². The molecular formula is C16H14F3N5OS. The Morgan fingerprint density at radius 3 is 2.73 bits per heavy atom. The van der Waals surface area contributed by atoms with Crippen molar-refractivity contribution in [2.24, 2.45) is 0 Å². The zero-order chi connectivity index (χ0) is 19.3. The number of aromatic nitrogens is 4. The van der Waals surface area contributed by atoms with Gasteiger partial charge in [0.2, 0.25) is 0 Å². The monoisotopic (exact) mass is 381 g/mol. The summed E-state index contributed by atoms with van der Waals surface area (Å²) in [4.78, 5) is 4.18. The van der Waals surface area contributed by atoms with Crippen LogP contribution in [0.3, 0.4) is 0 Å². The second-order valence-corrected chi connectivity index (χ2v) is 6.22. The molecule has 2 rings (SSSR count). The van der Waals surface area contributed by atoms with E-state index in [0.717, 1.165) is 17.2 Å². The average molecular weight is 381 g/mol. The van der Waals surface area contributed by atoms with Gasteiger partial charge in [-0.05, 0) is 31.6 Å². The van der Waals surface area contributed by atoms with Crippen LogP contribution in [0.15, 0.2) is 35.4 Å². The molecule has 136 valence electrons. The SMILES string of the molecule is C=C(/C=C(\C=C(/C)OCc1csc(C)n1)C(F)(F)F)c1n[nH]nc1C#N. The molecular weight excluding hydrogens is 367 g/mol. The van der Waals surface area contributed by atoms with E-state index in [9.17, 15) is 13.2 Å². The van der Waals surface area contributed by atoms with Crippen molar-refractivity contribution >= 4 is 16.9 Å². The number of ether oxygens (including phenoxy) is 1. The topological polar surface area (TPSA) is 87.5 Å². The van der Waals surface area contributed by atoms with Gasteiger partial charge in [0.05, 0.1) is 22.0 Å². The molecule has 0 radical (unpaired) electrons. The Hall–Kier alpha value is -2.93. The molecule has 0 aliphatic carbocycles. The Morgan fingerprint density at radius 2 is 2.15 bits per heavy atom. The summed E-state index contributed by atoms with van der Waals surface area (Å²) in [5.41, 5.74) is -0.616. The molecule has 0 aromatic carbocycles. The standard InChI is InChI=1S/C16H14F3N5OS/c1-9(15-14(6-20)22-24-23-15)4-12(16(17,18)19)5-10(2)25-7-13-8-26-11(3)21-13/h4-5,8H,1,7H2,2-3H3,(H,22,23,24)/b10-5+,12-4+.